The van der Waals surface area contributed by atoms with E-state index in [2.05, 4.69) is 16.8 Å². The maximum atomic E-state index is 13.6. The van der Waals surface area contributed by atoms with Crippen molar-refractivity contribution < 1.29 is 13.4 Å². The number of pyridine rings is 1. The van der Waals surface area contributed by atoms with Gasteiger partial charge in [-0.15, -0.1) is 0 Å². The smallest absolute Gasteiger partial charge is 0.214 e. The van der Waals surface area contributed by atoms with Crippen LogP contribution in [0.3, 0.4) is 0 Å². The third-order valence-corrected chi connectivity index (χ3v) is 7.59. The fourth-order valence-electron chi connectivity index (χ4n) is 4.09. The second-order valence-corrected chi connectivity index (χ2v) is 9.91. The number of H-pyrrole nitrogens is 1. The molecule has 1 atom stereocenters. The number of fused-ring (bicyclic) bond motifs is 1. The number of hydrogen-bond donors (Lipinski definition) is 0. The first-order valence-electron chi connectivity index (χ1n) is 9.88. The van der Waals surface area contributed by atoms with Crippen molar-refractivity contribution in [3.05, 3.63) is 59.8 Å². The summed E-state index contributed by atoms with van der Waals surface area (Å²) in [6.07, 6.45) is 3.94. The van der Waals surface area contributed by atoms with Crippen LogP contribution in [0, 0.1) is 19.8 Å². The molecule has 1 aromatic heterocycles. The predicted octanol–water partition coefficient (Wildman–Crippen LogP) is 4.34. The van der Waals surface area contributed by atoms with E-state index in [9.17, 15) is 8.42 Å². The van der Waals surface area contributed by atoms with E-state index in [0.717, 1.165) is 47.2 Å². The maximum Gasteiger partial charge on any atom is 0.214 e. The molecule has 146 valence electrons. The van der Waals surface area contributed by atoms with E-state index in [-0.39, 0.29) is 0 Å². The molecule has 1 N–H and O–H groups in total. The fourth-order valence-corrected chi connectivity index (χ4v) is 5.63. The second-order valence-electron chi connectivity index (χ2n) is 7.99. The van der Waals surface area contributed by atoms with Gasteiger partial charge in [-0.25, -0.2) is 13.4 Å². The number of para-hydroxylation sites is 1. The van der Waals surface area contributed by atoms with Gasteiger partial charge in [0.2, 0.25) is 15.4 Å². The van der Waals surface area contributed by atoms with Crippen molar-refractivity contribution in [1.29, 1.82) is 0 Å². The van der Waals surface area contributed by atoms with Crippen molar-refractivity contribution in [3.8, 4) is 0 Å². The van der Waals surface area contributed by atoms with Gasteiger partial charge in [-0.3, -0.25) is 0 Å². The lowest BCUT2D eigenvalue weighted by Gasteiger charge is -2.34. The van der Waals surface area contributed by atoms with Gasteiger partial charge < -0.3 is 4.90 Å². The van der Waals surface area contributed by atoms with Crippen molar-refractivity contribution in [2.45, 2.75) is 43.4 Å². The highest BCUT2D eigenvalue weighted by Crippen LogP contribution is 2.37. The van der Waals surface area contributed by atoms with Crippen LogP contribution in [-0.2, 0) is 9.84 Å². The van der Waals surface area contributed by atoms with E-state index in [1.807, 2.05) is 44.2 Å². The molecule has 2 aromatic carbocycles. The van der Waals surface area contributed by atoms with Crippen LogP contribution in [0.1, 0.15) is 30.9 Å². The standard InChI is InChI=1S/C23H26N2O2S/c1-16-7-6-12-25(15-16)23-20-8-4-5-9-21(20)24-14-22(23)28(26,27)19-11-10-17(2)18(3)13-19/h4-5,8-11,13-14,16H,6-7,12,15H2,1-3H3/p+1/t16-/m0/s1. The van der Waals surface area contributed by atoms with E-state index in [4.69, 9.17) is 0 Å². The Bertz CT molecular complexity index is 1140. The van der Waals surface area contributed by atoms with Crippen molar-refractivity contribution in [1.82, 2.24) is 0 Å². The first-order valence-corrected chi connectivity index (χ1v) is 11.4. The summed E-state index contributed by atoms with van der Waals surface area (Å²) in [6.45, 7) is 7.95. The van der Waals surface area contributed by atoms with Crippen LogP contribution < -0.4 is 9.88 Å². The van der Waals surface area contributed by atoms with Gasteiger partial charge in [-0.1, -0.05) is 25.1 Å². The number of sulfone groups is 1. The fraction of sp³-hybridized carbons (Fsp3) is 0.348. The van der Waals surface area contributed by atoms with Gasteiger partial charge >= 0.3 is 0 Å². The molecular formula is C23H27N2O2S+. The Kier molecular flexibility index (Phi) is 4.88. The molecule has 0 saturated carbocycles. The van der Waals surface area contributed by atoms with Gasteiger partial charge in [0.05, 0.1) is 16.0 Å². The van der Waals surface area contributed by atoms with Crippen LogP contribution in [0.4, 0.5) is 5.69 Å². The highest BCUT2D eigenvalue weighted by molar-refractivity contribution is 7.91. The molecule has 0 radical (unpaired) electrons. The minimum Gasteiger partial charge on any atom is -0.369 e. The molecule has 0 amide bonds. The molecule has 0 aliphatic carbocycles. The summed E-state index contributed by atoms with van der Waals surface area (Å²) >= 11 is 0. The van der Waals surface area contributed by atoms with Crippen LogP contribution >= 0.6 is 0 Å². The number of aryl methyl sites for hydroxylation is 2. The Morgan fingerprint density at radius 1 is 1.07 bits per heavy atom. The summed E-state index contributed by atoms with van der Waals surface area (Å²) in [7, 11) is -3.64. The Balaban J connectivity index is 1.95. The van der Waals surface area contributed by atoms with E-state index >= 15 is 0 Å². The Morgan fingerprint density at radius 2 is 1.86 bits per heavy atom. The topological polar surface area (TPSA) is 51.5 Å². The number of nitrogens with zero attached hydrogens (tertiary/aromatic N) is 1. The Hall–Kier alpha value is -2.40. The molecule has 28 heavy (non-hydrogen) atoms. The van der Waals surface area contributed by atoms with Crippen LogP contribution in [0.25, 0.3) is 10.9 Å². The third-order valence-electron chi connectivity index (χ3n) is 5.83. The van der Waals surface area contributed by atoms with Crippen LogP contribution in [0.15, 0.2) is 58.5 Å². The van der Waals surface area contributed by atoms with E-state index in [0.29, 0.717) is 15.7 Å². The SMILES string of the molecule is Cc1ccc(S(=O)(=O)c2c[nH+]c3ccccc3c2N2CCC[C@H](C)C2)cc1C. The predicted molar refractivity (Wildman–Crippen MR) is 112 cm³/mol. The van der Waals surface area contributed by atoms with Crippen LogP contribution in [-0.4, -0.2) is 21.5 Å². The van der Waals surface area contributed by atoms with Crippen molar-refractivity contribution in [2.75, 3.05) is 18.0 Å². The van der Waals surface area contributed by atoms with Crippen LogP contribution in [0.2, 0.25) is 0 Å². The number of aromatic nitrogens is 1. The van der Waals surface area contributed by atoms with Crippen molar-refractivity contribution >= 4 is 26.4 Å². The number of hydrogen-bond acceptors (Lipinski definition) is 3. The lowest BCUT2D eigenvalue weighted by molar-refractivity contribution is -0.347. The lowest BCUT2D eigenvalue weighted by atomic mass is 9.99. The minimum absolute atomic E-state index is 0.352. The molecule has 4 nitrogen and oxygen atoms in total. The molecule has 1 aliphatic rings. The molecule has 1 aliphatic heterocycles. The first-order chi connectivity index (χ1) is 13.4. The van der Waals surface area contributed by atoms with Gasteiger partial charge in [0, 0.05) is 19.2 Å². The summed E-state index contributed by atoms with van der Waals surface area (Å²) < 4.78 is 27.3. The molecule has 3 aromatic rings. The molecule has 1 saturated heterocycles. The van der Waals surface area contributed by atoms with Gasteiger partial charge in [0.1, 0.15) is 0 Å². The Morgan fingerprint density at radius 3 is 2.61 bits per heavy atom. The Labute approximate surface area is 167 Å². The maximum absolute atomic E-state index is 13.6. The van der Waals surface area contributed by atoms with Gasteiger partial charge in [-0.2, -0.15) is 0 Å². The third kappa shape index (κ3) is 3.28. The average molecular weight is 396 g/mol. The monoisotopic (exact) mass is 395 g/mol. The number of benzene rings is 2. The zero-order chi connectivity index (χ0) is 19.9. The molecule has 1 fully saturated rings. The van der Waals surface area contributed by atoms with Gasteiger partial charge in [-0.05, 0) is 61.9 Å². The van der Waals surface area contributed by atoms with Crippen molar-refractivity contribution in [2.24, 2.45) is 5.92 Å². The number of nitrogens with one attached hydrogen (secondary N) is 1. The largest absolute Gasteiger partial charge is 0.369 e. The summed E-state index contributed by atoms with van der Waals surface area (Å²) in [5.41, 5.74) is 3.86. The molecular weight excluding hydrogens is 368 g/mol. The lowest BCUT2D eigenvalue weighted by Crippen LogP contribution is -2.35. The van der Waals surface area contributed by atoms with Crippen molar-refractivity contribution in [3.63, 3.8) is 0 Å². The average Bonchev–Trinajstić information content (AvgIpc) is 2.69. The highest BCUT2D eigenvalue weighted by atomic mass is 32.2. The molecule has 0 bridgehead atoms. The zero-order valence-corrected chi connectivity index (χ0v) is 17.5. The number of rotatable bonds is 3. The quantitative estimate of drug-likeness (QED) is 0.663. The van der Waals surface area contributed by atoms with Crippen LogP contribution in [0.5, 0.6) is 0 Å². The molecule has 0 unspecified atom stereocenters. The van der Waals surface area contributed by atoms with E-state index in [1.165, 1.54) is 6.42 Å². The summed E-state index contributed by atoms with van der Waals surface area (Å²) in [5, 5.41) is 0.960. The minimum atomic E-state index is -3.64. The molecule has 2 heterocycles. The zero-order valence-electron chi connectivity index (χ0n) is 16.7. The van der Waals surface area contributed by atoms with E-state index < -0.39 is 9.84 Å². The van der Waals surface area contributed by atoms with Gasteiger partial charge in [0.15, 0.2) is 11.1 Å². The van der Waals surface area contributed by atoms with Gasteiger partial charge in [0.25, 0.3) is 0 Å². The summed E-state index contributed by atoms with van der Waals surface area (Å²) in [5.74, 6) is 0.550. The molecule has 5 heteroatoms. The summed E-state index contributed by atoms with van der Waals surface area (Å²) in [4.78, 5) is 6.19. The van der Waals surface area contributed by atoms with E-state index in [1.54, 1.807) is 18.3 Å². The number of anilines is 1. The molecule has 4 rings (SSSR count). The first kappa shape index (κ1) is 18.9. The number of aromatic amines is 1. The number of piperidine rings is 1. The normalized spacial score (nSPS) is 17.8. The second kappa shape index (κ2) is 7.21. The summed E-state index contributed by atoms with van der Waals surface area (Å²) in [6, 6.07) is 13.3. The highest BCUT2D eigenvalue weighted by Gasteiger charge is 2.31. The molecule has 0 spiro atoms.